The van der Waals surface area contributed by atoms with E-state index in [1.54, 1.807) is 0 Å². The summed E-state index contributed by atoms with van der Waals surface area (Å²) in [7, 11) is 0. The molecule has 0 unspecified atom stereocenters. The second kappa shape index (κ2) is 7.49. The van der Waals surface area contributed by atoms with E-state index in [2.05, 4.69) is 67.9 Å². The number of carbonyl (C=O) groups excluding carboxylic acids is 1. The highest BCUT2D eigenvalue weighted by Crippen LogP contribution is 2.15. The second-order valence-corrected chi connectivity index (χ2v) is 6.83. The summed E-state index contributed by atoms with van der Waals surface area (Å²) in [6, 6.07) is 13.0. The molecule has 3 nitrogen and oxygen atoms in total. The molecule has 1 amide bonds. The molecule has 1 heterocycles. The summed E-state index contributed by atoms with van der Waals surface area (Å²) in [6.45, 7) is 11.7. The minimum atomic E-state index is 0.0258. The fourth-order valence-electron chi connectivity index (χ4n) is 2.66. The first-order valence-electron chi connectivity index (χ1n) is 8.38. The van der Waals surface area contributed by atoms with Gasteiger partial charge in [-0.15, -0.1) is 0 Å². The van der Waals surface area contributed by atoms with E-state index in [1.807, 2.05) is 18.7 Å². The van der Waals surface area contributed by atoms with Gasteiger partial charge in [0.2, 0.25) is 5.91 Å². The van der Waals surface area contributed by atoms with E-state index in [0.29, 0.717) is 6.54 Å². The van der Waals surface area contributed by atoms with Gasteiger partial charge in [-0.3, -0.25) is 4.79 Å². The fraction of sp³-hybridized carbons (Fsp3) is 0.450. The molecule has 2 aromatic rings. The number of hydrogen-bond donors (Lipinski definition) is 0. The third-order valence-electron chi connectivity index (χ3n) is 4.13. The summed E-state index contributed by atoms with van der Waals surface area (Å²) >= 11 is 0. The SMILES string of the molecule is Cc1ccc(Cn2cccc2CN(C(=O)C(C)C)C(C)C)cc1. The molecule has 0 aliphatic heterocycles. The Bertz CT molecular complexity index is 638. The third kappa shape index (κ3) is 4.47. The van der Waals surface area contributed by atoms with Crippen molar-refractivity contribution in [1.29, 1.82) is 0 Å². The van der Waals surface area contributed by atoms with E-state index in [0.717, 1.165) is 6.54 Å². The van der Waals surface area contributed by atoms with E-state index in [-0.39, 0.29) is 17.9 Å². The van der Waals surface area contributed by atoms with E-state index in [9.17, 15) is 4.79 Å². The van der Waals surface area contributed by atoms with Crippen LogP contribution in [-0.2, 0) is 17.9 Å². The van der Waals surface area contributed by atoms with Crippen molar-refractivity contribution in [3.05, 3.63) is 59.4 Å². The number of hydrogen-bond acceptors (Lipinski definition) is 1. The summed E-state index contributed by atoms with van der Waals surface area (Å²) < 4.78 is 2.23. The summed E-state index contributed by atoms with van der Waals surface area (Å²) in [6.07, 6.45) is 2.09. The number of benzene rings is 1. The molecule has 0 radical (unpaired) electrons. The largest absolute Gasteiger partial charge is 0.345 e. The van der Waals surface area contributed by atoms with E-state index in [4.69, 9.17) is 0 Å². The lowest BCUT2D eigenvalue weighted by Crippen LogP contribution is -2.39. The van der Waals surface area contributed by atoms with Gasteiger partial charge in [-0.2, -0.15) is 0 Å². The predicted octanol–water partition coefficient (Wildman–Crippen LogP) is 4.24. The van der Waals surface area contributed by atoms with Gasteiger partial charge in [0.25, 0.3) is 0 Å². The van der Waals surface area contributed by atoms with Crippen molar-refractivity contribution in [2.45, 2.75) is 53.8 Å². The Balaban J connectivity index is 2.16. The van der Waals surface area contributed by atoms with Crippen LogP contribution in [0.15, 0.2) is 42.6 Å². The molecule has 1 aromatic carbocycles. The Labute approximate surface area is 139 Å². The normalized spacial score (nSPS) is 11.3. The topological polar surface area (TPSA) is 25.2 Å². The standard InChI is InChI=1S/C20H28N2O/c1-15(2)20(23)22(16(3)4)14-19-7-6-12-21(19)13-18-10-8-17(5)9-11-18/h6-12,15-16H,13-14H2,1-5H3. The van der Waals surface area contributed by atoms with Crippen LogP contribution in [0.1, 0.15) is 44.5 Å². The van der Waals surface area contributed by atoms with Gasteiger partial charge >= 0.3 is 0 Å². The van der Waals surface area contributed by atoms with Gasteiger partial charge in [-0.05, 0) is 38.5 Å². The number of nitrogens with zero attached hydrogens (tertiary/aromatic N) is 2. The molecule has 0 fully saturated rings. The monoisotopic (exact) mass is 312 g/mol. The first-order chi connectivity index (χ1) is 10.9. The van der Waals surface area contributed by atoms with Crippen LogP contribution in [0.25, 0.3) is 0 Å². The Morgan fingerprint density at radius 1 is 1.09 bits per heavy atom. The maximum absolute atomic E-state index is 12.4. The van der Waals surface area contributed by atoms with Crippen LogP contribution >= 0.6 is 0 Å². The minimum Gasteiger partial charge on any atom is -0.345 e. The molecule has 0 saturated carbocycles. The first-order valence-corrected chi connectivity index (χ1v) is 8.38. The average Bonchev–Trinajstić information content (AvgIpc) is 2.93. The minimum absolute atomic E-state index is 0.0258. The van der Waals surface area contributed by atoms with Crippen LogP contribution in [0.4, 0.5) is 0 Å². The molecule has 124 valence electrons. The van der Waals surface area contributed by atoms with Crippen LogP contribution in [0.3, 0.4) is 0 Å². The van der Waals surface area contributed by atoms with E-state index >= 15 is 0 Å². The Hall–Kier alpha value is -2.03. The molecule has 0 spiro atoms. The zero-order valence-corrected chi connectivity index (χ0v) is 14.9. The number of carbonyl (C=O) groups is 1. The second-order valence-electron chi connectivity index (χ2n) is 6.83. The van der Waals surface area contributed by atoms with Gasteiger partial charge in [0.1, 0.15) is 0 Å². The highest BCUT2D eigenvalue weighted by molar-refractivity contribution is 5.78. The molecule has 0 saturated heterocycles. The van der Waals surface area contributed by atoms with Crippen LogP contribution in [0, 0.1) is 12.8 Å². The van der Waals surface area contributed by atoms with Crippen molar-refractivity contribution in [2.24, 2.45) is 5.92 Å². The first kappa shape index (κ1) is 17.3. The zero-order chi connectivity index (χ0) is 17.0. The van der Waals surface area contributed by atoms with Gasteiger partial charge in [0.05, 0.1) is 6.54 Å². The zero-order valence-electron chi connectivity index (χ0n) is 14.9. The molecule has 3 heteroatoms. The summed E-state index contributed by atoms with van der Waals surface area (Å²) in [4.78, 5) is 14.4. The van der Waals surface area contributed by atoms with Crippen LogP contribution in [-0.4, -0.2) is 21.4 Å². The van der Waals surface area contributed by atoms with Gasteiger partial charge in [0, 0.05) is 30.4 Å². The lowest BCUT2D eigenvalue weighted by atomic mass is 10.1. The molecular weight excluding hydrogens is 284 g/mol. The molecule has 0 N–H and O–H groups in total. The Morgan fingerprint density at radius 3 is 2.30 bits per heavy atom. The Morgan fingerprint density at radius 2 is 1.74 bits per heavy atom. The number of aryl methyl sites for hydroxylation is 1. The van der Waals surface area contributed by atoms with Gasteiger partial charge in [-0.25, -0.2) is 0 Å². The maximum Gasteiger partial charge on any atom is 0.225 e. The van der Waals surface area contributed by atoms with Crippen molar-refractivity contribution in [3.63, 3.8) is 0 Å². The van der Waals surface area contributed by atoms with Crippen LogP contribution in [0.5, 0.6) is 0 Å². The molecule has 0 atom stereocenters. The molecular formula is C20H28N2O. The molecule has 2 rings (SSSR count). The molecule has 0 aliphatic carbocycles. The quantitative estimate of drug-likeness (QED) is 0.783. The molecule has 23 heavy (non-hydrogen) atoms. The van der Waals surface area contributed by atoms with Gasteiger partial charge in [-0.1, -0.05) is 43.7 Å². The molecule has 0 bridgehead atoms. The van der Waals surface area contributed by atoms with Gasteiger partial charge < -0.3 is 9.47 Å². The number of aromatic nitrogens is 1. The van der Waals surface area contributed by atoms with E-state index < -0.39 is 0 Å². The Kier molecular flexibility index (Phi) is 5.64. The lowest BCUT2D eigenvalue weighted by molar-refractivity contribution is -0.136. The van der Waals surface area contributed by atoms with Crippen molar-refractivity contribution >= 4 is 5.91 Å². The average molecular weight is 312 g/mol. The van der Waals surface area contributed by atoms with Crippen molar-refractivity contribution in [2.75, 3.05) is 0 Å². The number of amides is 1. The van der Waals surface area contributed by atoms with Crippen molar-refractivity contribution < 1.29 is 4.79 Å². The van der Waals surface area contributed by atoms with Crippen molar-refractivity contribution in [3.8, 4) is 0 Å². The van der Waals surface area contributed by atoms with Crippen molar-refractivity contribution in [1.82, 2.24) is 9.47 Å². The highest BCUT2D eigenvalue weighted by Gasteiger charge is 2.21. The van der Waals surface area contributed by atoms with Gasteiger partial charge in [0.15, 0.2) is 0 Å². The molecule has 0 aliphatic rings. The predicted molar refractivity (Wildman–Crippen MR) is 95.2 cm³/mol. The summed E-state index contributed by atoms with van der Waals surface area (Å²) in [5.41, 5.74) is 3.72. The van der Waals surface area contributed by atoms with Crippen LogP contribution in [0.2, 0.25) is 0 Å². The maximum atomic E-state index is 12.4. The molecule has 1 aromatic heterocycles. The smallest absolute Gasteiger partial charge is 0.225 e. The lowest BCUT2D eigenvalue weighted by Gasteiger charge is -2.29. The third-order valence-corrected chi connectivity index (χ3v) is 4.13. The van der Waals surface area contributed by atoms with E-state index in [1.165, 1.54) is 16.8 Å². The fourth-order valence-corrected chi connectivity index (χ4v) is 2.66. The number of rotatable bonds is 6. The summed E-state index contributed by atoms with van der Waals surface area (Å²) in [5.74, 6) is 0.237. The summed E-state index contributed by atoms with van der Waals surface area (Å²) in [5, 5.41) is 0. The van der Waals surface area contributed by atoms with Crippen LogP contribution < -0.4 is 0 Å². The highest BCUT2D eigenvalue weighted by atomic mass is 16.2.